The highest BCUT2D eigenvalue weighted by atomic mass is 16.5. The van der Waals surface area contributed by atoms with Gasteiger partial charge in [-0.1, -0.05) is 6.92 Å². The van der Waals surface area contributed by atoms with E-state index < -0.39 is 0 Å². The molecule has 1 atom stereocenters. The summed E-state index contributed by atoms with van der Waals surface area (Å²) in [4.78, 5) is 27.1. The first-order chi connectivity index (χ1) is 13.6. The Morgan fingerprint density at radius 1 is 1.14 bits per heavy atom. The summed E-state index contributed by atoms with van der Waals surface area (Å²) >= 11 is 0. The van der Waals surface area contributed by atoms with E-state index in [2.05, 4.69) is 5.32 Å². The third-order valence-corrected chi connectivity index (χ3v) is 5.64. The van der Waals surface area contributed by atoms with Gasteiger partial charge >= 0.3 is 0 Å². The Kier molecular flexibility index (Phi) is 7.18. The van der Waals surface area contributed by atoms with Crippen molar-refractivity contribution in [2.45, 2.75) is 58.0 Å². The van der Waals surface area contributed by atoms with E-state index >= 15 is 0 Å². The van der Waals surface area contributed by atoms with Crippen molar-refractivity contribution in [3.8, 4) is 11.5 Å². The zero-order valence-corrected chi connectivity index (χ0v) is 17.0. The SMILES string of the molecule is CCCNC(=O)C1CCCN(C(=O)c2ccc(OC3CCCC3)c(OC)c2)C1. The third kappa shape index (κ3) is 4.97. The second kappa shape index (κ2) is 9.80. The molecule has 1 unspecified atom stereocenters. The fraction of sp³-hybridized carbons (Fsp3) is 0.636. The predicted molar refractivity (Wildman–Crippen MR) is 108 cm³/mol. The molecule has 1 saturated carbocycles. The molecular formula is C22H32N2O4. The molecule has 0 bridgehead atoms. The molecule has 1 saturated heterocycles. The summed E-state index contributed by atoms with van der Waals surface area (Å²) in [5, 5.41) is 2.95. The minimum Gasteiger partial charge on any atom is -0.493 e. The van der Waals surface area contributed by atoms with Gasteiger partial charge in [-0.05, 0) is 63.1 Å². The Labute approximate surface area is 167 Å². The lowest BCUT2D eigenvalue weighted by Crippen LogP contribution is -2.45. The zero-order chi connectivity index (χ0) is 19.9. The summed E-state index contributed by atoms with van der Waals surface area (Å²) in [5.74, 6) is 1.15. The van der Waals surface area contributed by atoms with Gasteiger partial charge in [-0.2, -0.15) is 0 Å². The number of piperidine rings is 1. The number of ether oxygens (including phenoxy) is 2. The first-order valence-electron chi connectivity index (χ1n) is 10.5. The van der Waals surface area contributed by atoms with Gasteiger partial charge < -0.3 is 19.7 Å². The molecule has 2 amide bonds. The number of rotatable bonds is 7. The summed E-state index contributed by atoms with van der Waals surface area (Å²) in [5.41, 5.74) is 0.574. The molecule has 1 aromatic rings. The van der Waals surface area contributed by atoms with Crippen LogP contribution in [-0.2, 0) is 4.79 Å². The number of carbonyl (C=O) groups is 2. The second-order valence-electron chi connectivity index (χ2n) is 7.77. The standard InChI is InChI=1S/C22H32N2O4/c1-3-12-23-21(25)17-7-6-13-24(15-17)22(26)16-10-11-19(20(14-16)27-2)28-18-8-4-5-9-18/h10-11,14,17-18H,3-9,12-13,15H2,1-2H3,(H,23,25). The summed E-state index contributed by atoms with van der Waals surface area (Å²) < 4.78 is 11.5. The third-order valence-electron chi connectivity index (χ3n) is 5.64. The van der Waals surface area contributed by atoms with Crippen LogP contribution in [0.5, 0.6) is 11.5 Å². The molecule has 2 aliphatic rings. The molecule has 3 rings (SSSR count). The maximum atomic E-state index is 13.0. The molecule has 2 fully saturated rings. The molecule has 1 heterocycles. The highest BCUT2D eigenvalue weighted by Gasteiger charge is 2.29. The lowest BCUT2D eigenvalue weighted by atomic mass is 9.96. The largest absolute Gasteiger partial charge is 0.493 e. The Morgan fingerprint density at radius 3 is 2.64 bits per heavy atom. The van der Waals surface area contributed by atoms with Crippen molar-refractivity contribution in [2.24, 2.45) is 5.92 Å². The van der Waals surface area contributed by atoms with Gasteiger partial charge in [-0.15, -0.1) is 0 Å². The van der Waals surface area contributed by atoms with Gasteiger partial charge in [0.2, 0.25) is 5.91 Å². The van der Waals surface area contributed by atoms with Crippen LogP contribution in [0.1, 0.15) is 62.2 Å². The van der Waals surface area contributed by atoms with Gasteiger partial charge in [0.15, 0.2) is 11.5 Å². The van der Waals surface area contributed by atoms with Gasteiger partial charge in [0.05, 0.1) is 19.1 Å². The van der Waals surface area contributed by atoms with E-state index in [9.17, 15) is 9.59 Å². The van der Waals surface area contributed by atoms with E-state index in [0.717, 1.165) is 32.1 Å². The maximum absolute atomic E-state index is 13.0. The number of nitrogens with one attached hydrogen (secondary N) is 1. The molecule has 6 nitrogen and oxygen atoms in total. The summed E-state index contributed by atoms with van der Waals surface area (Å²) in [7, 11) is 1.60. The van der Waals surface area contributed by atoms with Crippen molar-refractivity contribution in [3.63, 3.8) is 0 Å². The Morgan fingerprint density at radius 2 is 1.93 bits per heavy atom. The summed E-state index contributed by atoms with van der Waals surface area (Å²) in [6, 6.07) is 5.39. The van der Waals surface area contributed by atoms with Crippen LogP contribution >= 0.6 is 0 Å². The average molecular weight is 389 g/mol. The van der Waals surface area contributed by atoms with Gasteiger partial charge in [0, 0.05) is 25.2 Å². The molecule has 154 valence electrons. The van der Waals surface area contributed by atoms with E-state index in [1.54, 1.807) is 24.1 Å². The molecule has 1 N–H and O–H groups in total. The molecule has 0 spiro atoms. The maximum Gasteiger partial charge on any atom is 0.254 e. The Hall–Kier alpha value is -2.24. The van der Waals surface area contributed by atoms with Gasteiger partial charge in [0.1, 0.15) is 0 Å². The average Bonchev–Trinajstić information content (AvgIpc) is 3.25. The topological polar surface area (TPSA) is 67.9 Å². The van der Waals surface area contributed by atoms with Crippen LogP contribution in [0, 0.1) is 5.92 Å². The number of amides is 2. The van der Waals surface area contributed by atoms with E-state index in [-0.39, 0.29) is 23.8 Å². The van der Waals surface area contributed by atoms with Crippen molar-refractivity contribution in [2.75, 3.05) is 26.7 Å². The Balaban J connectivity index is 1.66. The first kappa shape index (κ1) is 20.5. The molecule has 0 aromatic heterocycles. The minimum atomic E-state index is -0.129. The van der Waals surface area contributed by atoms with Crippen LogP contribution in [0.4, 0.5) is 0 Å². The number of nitrogens with zero attached hydrogens (tertiary/aromatic N) is 1. The van der Waals surface area contributed by atoms with E-state index in [0.29, 0.717) is 36.7 Å². The number of hydrogen-bond acceptors (Lipinski definition) is 4. The van der Waals surface area contributed by atoms with Crippen LogP contribution in [0.3, 0.4) is 0 Å². The van der Waals surface area contributed by atoms with Crippen LogP contribution in [0.25, 0.3) is 0 Å². The number of likely N-dealkylation sites (tertiary alicyclic amines) is 1. The first-order valence-corrected chi connectivity index (χ1v) is 10.5. The Bertz CT molecular complexity index is 685. The fourth-order valence-corrected chi connectivity index (χ4v) is 4.03. The van der Waals surface area contributed by atoms with E-state index in [1.165, 1.54) is 12.8 Å². The predicted octanol–water partition coefficient (Wildman–Crippen LogP) is 3.40. The molecule has 1 aliphatic carbocycles. The summed E-state index contributed by atoms with van der Waals surface area (Å²) in [6.07, 6.45) is 7.36. The van der Waals surface area contributed by atoms with Crippen molar-refractivity contribution in [1.29, 1.82) is 0 Å². The molecule has 1 aliphatic heterocycles. The number of methoxy groups -OCH3 is 1. The highest BCUT2D eigenvalue weighted by Crippen LogP contribution is 2.33. The number of benzene rings is 1. The second-order valence-corrected chi connectivity index (χ2v) is 7.77. The van der Waals surface area contributed by atoms with Gasteiger partial charge in [-0.25, -0.2) is 0 Å². The molecular weight excluding hydrogens is 356 g/mol. The van der Waals surface area contributed by atoms with E-state index in [4.69, 9.17) is 9.47 Å². The lowest BCUT2D eigenvalue weighted by Gasteiger charge is -2.32. The van der Waals surface area contributed by atoms with Gasteiger partial charge in [-0.3, -0.25) is 9.59 Å². The van der Waals surface area contributed by atoms with Crippen LogP contribution in [-0.4, -0.2) is 49.6 Å². The lowest BCUT2D eigenvalue weighted by molar-refractivity contribution is -0.126. The van der Waals surface area contributed by atoms with Gasteiger partial charge in [0.25, 0.3) is 5.91 Å². The fourth-order valence-electron chi connectivity index (χ4n) is 4.03. The molecule has 1 aromatic carbocycles. The zero-order valence-electron chi connectivity index (χ0n) is 17.0. The monoisotopic (exact) mass is 388 g/mol. The quantitative estimate of drug-likeness (QED) is 0.777. The van der Waals surface area contributed by atoms with Crippen molar-refractivity contribution < 1.29 is 19.1 Å². The smallest absolute Gasteiger partial charge is 0.254 e. The van der Waals surface area contributed by atoms with Crippen molar-refractivity contribution in [1.82, 2.24) is 10.2 Å². The number of hydrogen-bond donors (Lipinski definition) is 1. The minimum absolute atomic E-state index is 0.0530. The molecule has 6 heteroatoms. The molecule has 0 radical (unpaired) electrons. The van der Waals surface area contributed by atoms with Crippen LogP contribution in [0.2, 0.25) is 0 Å². The summed E-state index contributed by atoms with van der Waals surface area (Å²) in [6.45, 7) is 3.86. The van der Waals surface area contributed by atoms with E-state index in [1.807, 2.05) is 13.0 Å². The van der Waals surface area contributed by atoms with Crippen molar-refractivity contribution in [3.05, 3.63) is 23.8 Å². The number of carbonyl (C=O) groups excluding carboxylic acids is 2. The van der Waals surface area contributed by atoms with Crippen LogP contribution < -0.4 is 14.8 Å². The highest BCUT2D eigenvalue weighted by molar-refractivity contribution is 5.95. The van der Waals surface area contributed by atoms with Crippen molar-refractivity contribution >= 4 is 11.8 Å². The van der Waals surface area contributed by atoms with Crippen LogP contribution in [0.15, 0.2) is 18.2 Å². The molecule has 28 heavy (non-hydrogen) atoms. The normalized spacial score (nSPS) is 20.1.